The van der Waals surface area contributed by atoms with Gasteiger partial charge in [0.1, 0.15) is 5.78 Å². The number of hydrogen-bond donors (Lipinski definition) is 0. The molecule has 0 spiro atoms. The summed E-state index contributed by atoms with van der Waals surface area (Å²) in [5.74, 6) is 1.32. The normalized spacial score (nSPS) is 24.5. The highest BCUT2D eigenvalue weighted by molar-refractivity contribution is 5.79. The Balaban J connectivity index is 1.65. The third kappa shape index (κ3) is 4.07. The fourth-order valence-corrected chi connectivity index (χ4v) is 2.97. The molecule has 1 aliphatic carbocycles. The summed E-state index contributed by atoms with van der Waals surface area (Å²) in [5, 5.41) is 0. The van der Waals surface area contributed by atoms with Crippen molar-refractivity contribution in [1.29, 1.82) is 0 Å². The van der Waals surface area contributed by atoms with Gasteiger partial charge in [-0.05, 0) is 51.6 Å². The van der Waals surface area contributed by atoms with Gasteiger partial charge in [-0.2, -0.15) is 0 Å². The topological polar surface area (TPSA) is 29.5 Å². The van der Waals surface area contributed by atoms with Gasteiger partial charge in [0.15, 0.2) is 0 Å². The lowest BCUT2D eigenvalue weighted by molar-refractivity contribution is -0.121. The van der Waals surface area contributed by atoms with Crippen molar-refractivity contribution in [3.63, 3.8) is 0 Å². The van der Waals surface area contributed by atoms with Crippen LogP contribution in [0, 0.1) is 5.92 Å². The number of Topliss-reactive ketones (excluding diaryl/α,β-unsaturated/α-hetero) is 1. The first kappa shape index (κ1) is 13.0. The van der Waals surface area contributed by atoms with Crippen molar-refractivity contribution in [1.82, 2.24) is 4.90 Å². The minimum atomic E-state index is 0.457. The van der Waals surface area contributed by atoms with E-state index in [9.17, 15) is 4.79 Å². The number of nitrogens with zero attached hydrogens (tertiary/aromatic N) is 1. The van der Waals surface area contributed by atoms with Crippen LogP contribution in [-0.4, -0.2) is 43.5 Å². The third-order valence-electron chi connectivity index (χ3n) is 4.37. The van der Waals surface area contributed by atoms with Crippen LogP contribution in [0.4, 0.5) is 0 Å². The van der Waals surface area contributed by atoms with Crippen LogP contribution in [0.3, 0.4) is 0 Å². The molecule has 1 saturated carbocycles. The molecule has 2 rings (SSSR count). The highest BCUT2D eigenvalue weighted by atomic mass is 16.5. The molecule has 3 nitrogen and oxygen atoms in total. The Labute approximate surface area is 105 Å². The lowest BCUT2D eigenvalue weighted by atomic mass is 9.92. The summed E-state index contributed by atoms with van der Waals surface area (Å²) in [7, 11) is 2.22. The van der Waals surface area contributed by atoms with Gasteiger partial charge in [-0.3, -0.25) is 4.79 Å². The van der Waals surface area contributed by atoms with Crippen molar-refractivity contribution in [2.75, 3.05) is 26.8 Å². The zero-order chi connectivity index (χ0) is 12.1. The van der Waals surface area contributed by atoms with Gasteiger partial charge < -0.3 is 9.64 Å². The number of carbonyl (C=O) groups is 1. The van der Waals surface area contributed by atoms with Gasteiger partial charge in [-0.25, -0.2) is 0 Å². The molecule has 1 aliphatic heterocycles. The molecular formula is C14H25NO2. The van der Waals surface area contributed by atoms with Crippen LogP contribution >= 0.6 is 0 Å². The van der Waals surface area contributed by atoms with E-state index in [0.29, 0.717) is 11.8 Å². The standard InChI is InChI=1S/C14H25NO2/c1-15(13-2-4-14(16)5-3-13)9-6-12-7-10-17-11-8-12/h12-13H,2-11H2,1H3. The average molecular weight is 239 g/mol. The fourth-order valence-electron chi connectivity index (χ4n) is 2.97. The van der Waals surface area contributed by atoms with E-state index < -0.39 is 0 Å². The maximum atomic E-state index is 11.2. The van der Waals surface area contributed by atoms with Gasteiger partial charge >= 0.3 is 0 Å². The Hall–Kier alpha value is -0.410. The lowest BCUT2D eigenvalue weighted by Crippen LogP contribution is -2.36. The number of hydrogen-bond acceptors (Lipinski definition) is 3. The van der Waals surface area contributed by atoms with Crippen LogP contribution < -0.4 is 0 Å². The maximum absolute atomic E-state index is 11.2. The molecular weight excluding hydrogens is 214 g/mol. The summed E-state index contributed by atoms with van der Waals surface area (Å²) < 4.78 is 5.38. The molecule has 0 aromatic heterocycles. The molecule has 0 bridgehead atoms. The zero-order valence-corrected chi connectivity index (χ0v) is 11.0. The van der Waals surface area contributed by atoms with E-state index in [-0.39, 0.29) is 0 Å². The predicted molar refractivity (Wildman–Crippen MR) is 68.1 cm³/mol. The monoisotopic (exact) mass is 239 g/mol. The van der Waals surface area contributed by atoms with E-state index >= 15 is 0 Å². The number of ether oxygens (including phenoxy) is 1. The van der Waals surface area contributed by atoms with Crippen LogP contribution in [-0.2, 0) is 9.53 Å². The molecule has 0 N–H and O–H groups in total. The van der Waals surface area contributed by atoms with Crippen LogP contribution in [0.2, 0.25) is 0 Å². The molecule has 0 aromatic carbocycles. The predicted octanol–water partition coefficient (Wildman–Crippen LogP) is 2.25. The Morgan fingerprint density at radius 1 is 1.18 bits per heavy atom. The summed E-state index contributed by atoms with van der Waals surface area (Å²) in [5.41, 5.74) is 0. The molecule has 3 heteroatoms. The quantitative estimate of drug-likeness (QED) is 0.753. The Bertz CT molecular complexity index is 239. The second kappa shape index (κ2) is 6.50. The maximum Gasteiger partial charge on any atom is 0.133 e. The van der Waals surface area contributed by atoms with Gasteiger partial charge in [0.05, 0.1) is 0 Å². The van der Waals surface area contributed by atoms with Crippen molar-refractivity contribution in [2.45, 2.75) is 51.0 Å². The summed E-state index contributed by atoms with van der Waals surface area (Å²) in [4.78, 5) is 13.7. The number of ketones is 1. The highest BCUT2D eigenvalue weighted by Crippen LogP contribution is 2.22. The highest BCUT2D eigenvalue weighted by Gasteiger charge is 2.23. The Morgan fingerprint density at radius 3 is 2.47 bits per heavy atom. The van der Waals surface area contributed by atoms with E-state index in [0.717, 1.165) is 44.8 Å². The first-order chi connectivity index (χ1) is 8.25. The molecule has 0 radical (unpaired) electrons. The minimum Gasteiger partial charge on any atom is -0.381 e. The van der Waals surface area contributed by atoms with Crippen LogP contribution in [0.25, 0.3) is 0 Å². The Kier molecular flexibility index (Phi) is 4.99. The fraction of sp³-hybridized carbons (Fsp3) is 0.929. The van der Waals surface area contributed by atoms with E-state index in [1.807, 2.05) is 0 Å². The van der Waals surface area contributed by atoms with Crippen molar-refractivity contribution < 1.29 is 9.53 Å². The van der Waals surface area contributed by atoms with E-state index in [1.165, 1.54) is 25.8 Å². The molecule has 98 valence electrons. The van der Waals surface area contributed by atoms with Crippen molar-refractivity contribution in [2.24, 2.45) is 5.92 Å². The van der Waals surface area contributed by atoms with Crippen LogP contribution in [0.15, 0.2) is 0 Å². The molecule has 0 atom stereocenters. The SMILES string of the molecule is CN(CCC1CCOCC1)C1CCC(=O)CC1. The molecule has 0 unspecified atom stereocenters. The van der Waals surface area contributed by atoms with Gasteiger partial charge in [0.25, 0.3) is 0 Å². The summed E-state index contributed by atoms with van der Waals surface area (Å²) in [6, 6.07) is 0.646. The minimum absolute atomic E-state index is 0.457. The third-order valence-corrected chi connectivity index (χ3v) is 4.37. The second-order valence-corrected chi connectivity index (χ2v) is 5.59. The number of carbonyl (C=O) groups excluding carboxylic acids is 1. The Morgan fingerprint density at radius 2 is 1.82 bits per heavy atom. The van der Waals surface area contributed by atoms with E-state index in [4.69, 9.17) is 4.74 Å². The van der Waals surface area contributed by atoms with Crippen molar-refractivity contribution >= 4 is 5.78 Å². The molecule has 0 amide bonds. The average Bonchev–Trinajstić information content (AvgIpc) is 2.38. The van der Waals surface area contributed by atoms with Crippen molar-refractivity contribution in [3.8, 4) is 0 Å². The van der Waals surface area contributed by atoms with E-state index in [1.54, 1.807) is 0 Å². The van der Waals surface area contributed by atoms with Gasteiger partial charge in [-0.15, -0.1) is 0 Å². The van der Waals surface area contributed by atoms with Gasteiger partial charge in [0.2, 0.25) is 0 Å². The first-order valence-corrected chi connectivity index (χ1v) is 7.05. The van der Waals surface area contributed by atoms with Crippen LogP contribution in [0.1, 0.15) is 44.9 Å². The summed E-state index contributed by atoms with van der Waals surface area (Å²) >= 11 is 0. The molecule has 2 aliphatic rings. The van der Waals surface area contributed by atoms with E-state index in [2.05, 4.69) is 11.9 Å². The zero-order valence-electron chi connectivity index (χ0n) is 11.0. The van der Waals surface area contributed by atoms with Gasteiger partial charge in [-0.1, -0.05) is 0 Å². The van der Waals surface area contributed by atoms with Crippen molar-refractivity contribution in [3.05, 3.63) is 0 Å². The lowest BCUT2D eigenvalue weighted by Gasteiger charge is -2.32. The molecule has 1 heterocycles. The van der Waals surface area contributed by atoms with Gasteiger partial charge in [0, 0.05) is 32.1 Å². The molecule has 17 heavy (non-hydrogen) atoms. The second-order valence-electron chi connectivity index (χ2n) is 5.59. The smallest absolute Gasteiger partial charge is 0.133 e. The first-order valence-electron chi connectivity index (χ1n) is 7.05. The summed E-state index contributed by atoms with van der Waals surface area (Å²) in [6.07, 6.45) is 7.50. The number of rotatable bonds is 4. The summed E-state index contributed by atoms with van der Waals surface area (Å²) in [6.45, 7) is 3.09. The largest absolute Gasteiger partial charge is 0.381 e. The molecule has 0 aromatic rings. The molecule has 1 saturated heterocycles. The molecule has 2 fully saturated rings. The van der Waals surface area contributed by atoms with Crippen LogP contribution in [0.5, 0.6) is 0 Å².